The van der Waals surface area contributed by atoms with E-state index >= 15 is 0 Å². The number of rotatable bonds is 11. The van der Waals surface area contributed by atoms with Gasteiger partial charge in [-0.3, -0.25) is 0 Å². The van der Waals surface area contributed by atoms with E-state index in [-0.39, 0.29) is 6.10 Å². The maximum Gasteiger partial charge on any atom is 0.0932 e. The minimum Gasteiger partial charge on any atom is -0.382 e. The fourth-order valence-corrected chi connectivity index (χ4v) is 1.95. The highest BCUT2D eigenvalue weighted by molar-refractivity contribution is 4.82. The smallest absolute Gasteiger partial charge is 0.0932 e. The zero-order valence-electron chi connectivity index (χ0n) is 12.4. The van der Waals surface area contributed by atoms with Gasteiger partial charge in [-0.25, -0.2) is 0 Å². The van der Waals surface area contributed by atoms with Gasteiger partial charge in [0.25, 0.3) is 0 Å². The first-order valence-electron chi connectivity index (χ1n) is 7.15. The number of likely N-dealkylation sites (N-methyl/N-ethyl adjacent to an activating group) is 1. The second-order valence-corrected chi connectivity index (χ2v) is 5.71. The summed E-state index contributed by atoms with van der Waals surface area (Å²) in [4.78, 5) is 2.39. The molecule has 0 aromatic rings. The SMILES string of the molecule is COCC(CNCC(C)C)OCCN(C)C1CC1. The number of methoxy groups -OCH3 is 1. The largest absolute Gasteiger partial charge is 0.382 e. The molecule has 1 aliphatic carbocycles. The maximum absolute atomic E-state index is 5.88. The summed E-state index contributed by atoms with van der Waals surface area (Å²) in [6, 6.07) is 0.813. The molecule has 0 aromatic carbocycles. The molecule has 18 heavy (non-hydrogen) atoms. The summed E-state index contributed by atoms with van der Waals surface area (Å²) in [5.41, 5.74) is 0. The molecular weight excluding hydrogens is 228 g/mol. The summed E-state index contributed by atoms with van der Waals surface area (Å²) in [5.74, 6) is 0.675. The van der Waals surface area contributed by atoms with Crippen LogP contribution in [0.1, 0.15) is 26.7 Å². The molecule has 1 fully saturated rings. The van der Waals surface area contributed by atoms with Gasteiger partial charge in [0.05, 0.1) is 19.3 Å². The highest BCUT2D eigenvalue weighted by Gasteiger charge is 2.25. The third-order valence-corrected chi connectivity index (χ3v) is 3.24. The number of hydrogen-bond donors (Lipinski definition) is 1. The number of nitrogens with zero attached hydrogens (tertiary/aromatic N) is 1. The van der Waals surface area contributed by atoms with Gasteiger partial charge in [0.1, 0.15) is 0 Å². The van der Waals surface area contributed by atoms with Crippen LogP contribution in [0.4, 0.5) is 0 Å². The first-order chi connectivity index (χ1) is 8.63. The van der Waals surface area contributed by atoms with E-state index in [4.69, 9.17) is 9.47 Å². The molecule has 1 unspecified atom stereocenters. The average Bonchev–Trinajstić information content (AvgIpc) is 3.12. The van der Waals surface area contributed by atoms with Crippen LogP contribution in [-0.2, 0) is 9.47 Å². The molecule has 0 amide bonds. The molecular formula is C14H30N2O2. The maximum atomic E-state index is 5.88. The average molecular weight is 258 g/mol. The number of ether oxygens (including phenoxy) is 2. The lowest BCUT2D eigenvalue weighted by Gasteiger charge is -2.21. The summed E-state index contributed by atoms with van der Waals surface area (Å²) < 4.78 is 11.1. The minimum atomic E-state index is 0.168. The van der Waals surface area contributed by atoms with Crippen molar-refractivity contribution < 1.29 is 9.47 Å². The molecule has 4 nitrogen and oxygen atoms in total. The van der Waals surface area contributed by atoms with Crippen LogP contribution in [0.5, 0.6) is 0 Å². The van der Waals surface area contributed by atoms with Gasteiger partial charge in [0, 0.05) is 26.2 Å². The van der Waals surface area contributed by atoms with Crippen LogP contribution in [0.2, 0.25) is 0 Å². The van der Waals surface area contributed by atoms with E-state index in [0.29, 0.717) is 12.5 Å². The molecule has 4 heteroatoms. The molecule has 1 atom stereocenters. The quantitative estimate of drug-likeness (QED) is 0.607. The molecule has 0 radical (unpaired) electrons. The van der Waals surface area contributed by atoms with E-state index in [2.05, 4.69) is 31.1 Å². The monoisotopic (exact) mass is 258 g/mol. The Labute approximate surface area is 112 Å². The molecule has 1 N–H and O–H groups in total. The predicted molar refractivity (Wildman–Crippen MR) is 75.0 cm³/mol. The van der Waals surface area contributed by atoms with E-state index in [1.54, 1.807) is 7.11 Å². The molecule has 0 saturated heterocycles. The number of hydrogen-bond acceptors (Lipinski definition) is 4. The van der Waals surface area contributed by atoms with Crippen LogP contribution in [0.15, 0.2) is 0 Å². The molecule has 1 rings (SSSR count). The lowest BCUT2D eigenvalue weighted by atomic mass is 10.2. The molecule has 1 aliphatic rings. The Kier molecular flexibility index (Phi) is 7.82. The first kappa shape index (κ1) is 15.9. The van der Waals surface area contributed by atoms with Crippen molar-refractivity contribution in [2.24, 2.45) is 5.92 Å². The second kappa shape index (κ2) is 8.86. The fourth-order valence-electron chi connectivity index (χ4n) is 1.95. The van der Waals surface area contributed by atoms with Crippen molar-refractivity contribution in [2.75, 3.05) is 47.0 Å². The van der Waals surface area contributed by atoms with Crippen LogP contribution in [-0.4, -0.2) is 64.1 Å². The minimum absolute atomic E-state index is 0.168. The van der Waals surface area contributed by atoms with Crippen molar-refractivity contribution >= 4 is 0 Å². The zero-order valence-corrected chi connectivity index (χ0v) is 12.4. The standard InChI is InChI=1S/C14H30N2O2/c1-12(2)9-15-10-14(11-17-4)18-8-7-16(3)13-5-6-13/h12-15H,5-11H2,1-4H3. The summed E-state index contributed by atoms with van der Waals surface area (Å²) in [7, 11) is 3.92. The lowest BCUT2D eigenvalue weighted by Crippen LogP contribution is -2.36. The van der Waals surface area contributed by atoms with Crippen LogP contribution in [0.3, 0.4) is 0 Å². The van der Waals surface area contributed by atoms with Crippen molar-refractivity contribution in [1.82, 2.24) is 10.2 Å². The molecule has 1 saturated carbocycles. The summed E-state index contributed by atoms with van der Waals surface area (Å²) in [5, 5.41) is 3.42. The zero-order chi connectivity index (χ0) is 13.4. The Morgan fingerprint density at radius 2 is 2.00 bits per heavy atom. The van der Waals surface area contributed by atoms with Gasteiger partial charge in [-0.15, -0.1) is 0 Å². The third kappa shape index (κ3) is 7.31. The van der Waals surface area contributed by atoms with E-state index in [9.17, 15) is 0 Å². The van der Waals surface area contributed by atoms with Crippen LogP contribution in [0.25, 0.3) is 0 Å². The van der Waals surface area contributed by atoms with Gasteiger partial charge >= 0.3 is 0 Å². The lowest BCUT2D eigenvalue weighted by molar-refractivity contribution is -0.00781. The summed E-state index contributed by atoms with van der Waals surface area (Å²) >= 11 is 0. The van der Waals surface area contributed by atoms with Gasteiger partial charge in [-0.2, -0.15) is 0 Å². The Morgan fingerprint density at radius 1 is 1.28 bits per heavy atom. The van der Waals surface area contributed by atoms with Crippen molar-refractivity contribution in [3.05, 3.63) is 0 Å². The Balaban J connectivity index is 2.07. The number of nitrogens with one attached hydrogen (secondary N) is 1. The molecule has 0 aliphatic heterocycles. The third-order valence-electron chi connectivity index (χ3n) is 3.24. The van der Waals surface area contributed by atoms with Gasteiger partial charge in [0.2, 0.25) is 0 Å². The van der Waals surface area contributed by atoms with Crippen molar-refractivity contribution in [3.8, 4) is 0 Å². The molecule has 0 bridgehead atoms. The van der Waals surface area contributed by atoms with Gasteiger partial charge in [0.15, 0.2) is 0 Å². The normalized spacial score (nSPS) is 17.7. The first-order valence-corrected chi connectivity index (χ1v) is 7.15. The predicted octanol–water partition coefficient (Wildman–Crippen LogP) is 1.36. The van der Waals surface area contributed by atoms with Crippen molar-refractivity contribution in [2.45, 2.75) is 38.8 Å². The van der Waals surface area contributed by atoms with Gasteiger partial charge in [-0.1, -0.05) is 13.8 Å². The van der Waals surface area contributed by atoms with Crippen molar-refractivity contribution in [1.29, 1.82) is 0 Å². The van der Waals surface area contributed by atoms with E-state index < -0.39 is 0 Å². The molecule has 0 aromatic heterocycles. The Hall–Kier alpha value is -0.160. The Bertz CT molecular complexity index is 208. The molecule has 0 spiro atoms. The van der Waals surface area contributed by atoms with Crippen LogP contribution < -0.4 is 5.32 Å². The van der Waals surface area contributed by atoms with Gasteiger partial charge < -0.3 is 19.7 Å². The van der Waals surface area contributed by atoms with Crippen LogP contribution in [0, 0.1) is 5.92 Å². The molecule has 0 heterocycles. The van der Waals surface area contributed by atoms with E-state index in [0.717, 1.165) is 32.3 Å². The van der Waals surface area contributed by atoms with Gasteiger partial charge in [-0.05, 0) is 32.4 Å². The fraction of sp³-hybridized carbons (Fsp3) is 1.00. The highest BCUT2D eigenvalue weighted by atomic mass is 16.5. The molecule has 108 valence electrons. The highest BCUT2D eigenvalue weighted by Crippen LogP contribution is 2.24. The topological polar surface area (TPSA) is 33.7 Å². The second-order valence-electron chi connectivity index (χ2n) is 5.71. The van der Waals surface area contributed by atoms with Crippen LogP contribution >= 0.6 is 0 Å². The van der Waals surface area contributed by atoms with E-state index in [1.165, 1.54) is 12.8 Å². The summed E-state index contributed by atoms with van der Waals surface area (Å²) in [6.45, 7) is 8.82. The summed E-state index contributed by atoms with van der Waals surface area (Å²) in [6.07, 6.45) is 2.88. The van der Waals surface area contributed by atoms with E-state index in [1.807, 2.05) is 0 Å². The van der Waals surface area contributed by atoms with Crippen molar-refractivity contribution in [3.63, 3.8) is 0 Å². The Morgan fingerprint density at radius 3 is 2.56 bits per heavy atom.